The number of pyridine rings is 1. The van der Waals surface area contributed by atoms with Crippen LogP contribution in [0.2, 0.25) is 0 Å². The van der Waals surface area contributed by atoms with E-state index in [0.29, 0.717) is 13.0 Å². The molecule has 2 rings (SSSR count). The molecule has 1 aromatic heterocycles. The van der Waals surface area contributed by atoms with Crippen LogP contribution in [0.3, 0.4) is 0 Å². The van der Waals surface area contributed by atoms with Crippen LogP contribution in [-0.2, 0) is 17.6 Å². The number of aliphatic carboxylic acids is 1. The van der Waals surface area contributed by atoms with E-state index in [1.54, 1.807) is 0 Å². The first-order valence-corrected chi connectivity index (χ1v) is 7.74. The SMILES string of the molecule is N[C@@H](Cc1ccc(OCCCCc2ccncc2)cc1)C(=O)O. The summed E-state index contributed by atoms with van der Waals surface area (Å²) in [6.07, 6.45) is 7.01. The molecule has 5 heteroatoms. The van der Waals surface area contributed by atoms with E-state index in [4.69, 9.17) is 15.6 Å². The number of ether oxygens (including phenoxy) is 1. The molecule has 2 aromatic rings. The lowest BCUT2D eigenvalue weighted by molar-refractivity contribution is -0.138. The fourth-order valence-electron chi connectivity index (χ4n) is 2.23. The van der Waals surface area contributed by atoms with E-state index in [1.807, 2.05) is 48.8 Å². The molecule has 5 nitrogen and oxygen atoms in total. The quantitative estimate of drug-likeness (QED) is 0.694. The number of hydrogen-bond donors (Lipinski definition) is 2. The van der Waals surface area contributed by atoms with E-state index in [2.05, 4.69) is 4.98 Å². The number of unbranched alkanes of at least 4 members (excludes halogenated alkanes) is 1. The number of nitrogens with two attached hydrogens (primary N) is 1. The molecular formula is C18H22N2O3. The summed E-state index contributed by atoms with van der Waals surface area (Å²) >= 11 is 0. The highest BCUT2D eigenvalue weighted by atomic mass is 16.5. The fraction of sp³-hybridized carbons (Fsp3) is 0.333. The van der Waals surface area contributed by atoms with Gasteiger partial charge in [-0.15, -0.1) is 0 Å². The second kappa shape index (κ2) is 8.90. The molecule has 1 aromatic carbocycles. The van der Waals surface area contributed by atoms with Crippen LogP contribution in [0.25, 0.3) is 0 Å². The van der Waals surface area contributed by atoms with E-state index in [9.17, 15) is 4.79 Å². The number of aromatic nitrogens is 1. The highest BCUT2D eigenvalue weighted by molar-refractivity contribution is 5.73. The Balaban J connectivity index is 1.67. The first-order valence-electron chi connectivity index (χ1n) is 7.74. The zero-order chi connectivity index (χ0) is 16.5. The molecule has 122 valence electrons. The Morgan fingerprint density at radius 1 is 1.09 bits per heavy atom. The van der Waals surface area contributed by atoms with Gasteiger partial charge >= 0.3 is 5.97 Å². The third kappa shape index (κ3) is 6.08. The highest BCUT2D eigenvalue weighted by Gasteiger charge is 2.11. The Labute approximate surface area is 136 Å². The van der Waals surface area contributed by atoms with Crippen molar-refractivity contribution in [1.29, 1.82) is 0 Å². The summed E-state index contributed by atoms with van der Waals surface area (Å²) < 4.78 is 5.69. The van der Waals surface area contributed by atoms with E-state index in [-0.39, 0.29) is 0 Å². The Kier molecular flexibility index (Phi) is 6.56. The van der Waals surface area contributed by atoms with Gasteiger partial charge in [0.15, 0.2) is 0 Å². The first-order chi connectivity index (χ1) is 11.1. The van der Waals surface area contributed by atoms with Crippen LogP contribution in [0.4, 0.5) is 0 Å². The maximum atomic E-state index is 10.7. The predicted octanol–water partition coefficient (Wildman–Crippen LogP) is 2.44. The van der Waals surface area contributed by atoms with Crippen LogP contribution in [-0.4, -0.2) is 28.7 Å². The van der Waals surface area contributed by atoms with Crippen LogP contribution < -0.4 is 10.5 Å². The van der Waals surface area contributed by atoms with Crippen molar-refractivity contribution in [2.45, 2.75) is 31.7 Å². The number of benzene rings is 1. The van der Waals surface area contributed by atoms with Crippen LogP contribution in [0, 0.1) is 0 Å². The minimum absolute atomic E-state index is 0.321. The summed E-state index contributed by atoms with van der Waals surface area (Å²) in [6.45, 7) is 0.666. The standard InChI is InChI=1S/C18H22N2O3/c19-17(18(21)22)13-15-4-6-16(7-5-15)23-12-2-1-3-14-8-10-20-11-9-14/h4-11,17H,1-3,12-13,19H2,(H,21,22)/t17-/m0/s1. The molecule has 23 heavy (non-hydrogen) atoms. The number of carboxylic acids is 1. The van der Waals surface area contributed by atoms with Gasteiger partial charge in [0.05, 0.1) is 6.61 Å². The first kappa shape index (κ1) is 17.0. The molecule has 0 spiro atoms. The number of nitrogens with zero attached hydrogens (tertiary/aromatic N) is 1. The van der Waals surface area contributed by atoms with Gasteiger partial charge in [-0.1, -0.05) is 12.1 Å². The molecule has 0 aliphatic carbocycles. The Morgan fingerprint density at radius 3 is 2.43 bits per heavy atom. The predicted molar refractivity (Wildman–Crippen MR) is 88.4 cm³/mol. The summed E-state index contributed by atoms with van der Waals surface area (Å²) in [5, 5.41) is 8.79. The van der Waals surface area contributed by atoms with Gasteiger partial charge in [0, 0.05) is 12.4 Å². The van der Waals surface area contributed by atoms with Crippen molar-refractivity contribution in [3.8, 4) is 5.75 Å². The molecule has 0 unspecified atom stereocenters. The molecule has 3 N–H and O–H groups in total. The van der Waals surface area contributed by atoms with E-state index in [1.165, 1.54) is 5.56 Å². The molecule has 0 radical (unpaired) electrons. The van der Waals surface area contributed by atoms with Gasteiger partial charge in [0.2, 0.25) is 0 Å². The van der Waals surface area contributed by atoms with E-state index in [0.717, 1.165) is 30.6 Å². The van der Waals surface area contributed by atoms with E-state index >= 15 is 0 Å². The van der Waals surface area contributed by atoms with Gasteiger partial charge in [0.1, 0.15) is 11.8 Å². The molecule has 0 aliphatic rings. The smallest absolute Gasteiger partial charge is 0.320 e. The molecular weight excluding hydrogens is 292 g/mol. The summed E-state index contributed by atoms with van der Waals surface area (Å²) in [5.74, 6) is -0.193. The van der Waals surface area contributed by atoms with Crippen molar-refractivity contribution in [3.05, 3.63) is 59.9 Å². The van der Waals surface area contributed by atoms with Crippen LogP contribution in [0.15, 0.2) is 48.8 Å². The monoisotopic (exact) mass is 314 g/mol. The second-order valence-electron chi connectivity index (χ2n) is 5.45. The third-order valence-electron chi connectivity index (χ3n) is 3.57. The van der Waals surface area contributed by atoms with Gasteiger partial charge in [-0.05, 0) is 61.1 Å². The minimum atomic E-state index is -0.987. The second-order valence-corrected chi connectivity index (χ2v) is 5.45. The molecule has 0 amide bonds. The van der Waals surface area contributed by atoms with Gasteiger partial charge in [-0.3, -0.25) is 9.78 Å². The maximum Gasteiger partial charge on any atom is 0.320 e. The molecule has 1 atom stereocenters. The maximum absolute atomic E-state index is 10.7. The number of carbonyl (C=O) groups is 1. The van der Waals surface area contributed by atoms with Crippen molar-refractivity contribution in [3.63, 3.8) is 0 Å². The highest BCUT2D eigenvalue weighted by Crippen LogP contribution is 2.14. The van der Waals surface area contributed by atoms with Gasteiger partial charge in [0.25, 0.3) is 0 Å². The topological polar surface area (TPSA) is 85.4 Å². The van der Waals surface area contributed by atoms with Crippen molar-refractivity contribution >= 4 is 5.97 Å². The lowest BCUT2D eigenvalue weighted by Gasteiger charge is -2.09. The van der Waals surface area contributed by atoms with E-state index < -0.39 is 12.0 Å². The fourth-order valence-corrected chi connectivity index (χ4v) is 2.23. The van der Waals surface area contributed by atoms with Gasteiger partial charge < -0.3 is 15.6 Å². The molecule has 0 bridgehead atoms. The number of rotatable bonds is 9. The minimum Gasteiger partial charge on any atom is -0.494 e. The van der Waals surface area contributed by atoms with Gasteiger partial charge in [-0.2, -0.15) is 0 Å². The Bertz CT molecular complexity index is 599. The Hall–Kier alpha value is -2.40. The largest absolute Gasteiger partial charge is 0.494 e. The summed E-state index contributed by atoms with van der Waals surface area (Å²) in [4.78, 5) is 14.7. The zero-order valence-electron chi connectivity index (χ0n) is 13.0. The normalized spacial score (nSPS) is 11.9. The molecule has 0 saturated carbocycles. The van der Waals surface area contributed by atoms with Crippen LogP contribution in [0.1, 0.15) is 24.0 Å². The Morgan fingerprint density at radius 2 is 1.78 bits per heavy atom. The number of hydrogen-bond acceptors (Lipinski definition) is 4. The summed E-state index contributed by atoms with van der Waals surface area (Å²) in [5.41, 5.74) is 7.70. The lowest BCUT2D eigenvalue weighted by Crippen LogP contribution is -2.32. The molecule has 0 aliphatic heterocycles. The molecule has 1 heterocycles. The van der Waals surface area contributed by atoms with Crippen LogP contribution in [0.5, 0.6) is 5.75 Å². The third-order valence-corrected chi connectivity index (χ3v) is 3.57. The van der Waals surface area contributed by atoms with Crippen molar-refractivity contribution in [1.82, 2.24) is 4.98 Å². The number of aryl methyl sites for hydroxylation is 1. The van der Waals surface area contributed by atoms with Crippen molar-refractivity contribution in [2.24, 2.45) is 5.73 Å². The summed E-state index contributed by atoms with van der Waals surface area (Å²) in [7, 11) is 0. The summed E-state index contributed by atoms with van der Waals surface area (Å²) in [6, 6.07) is 10.6. The average molecular weight is 314 g/mol. The van der Waals surface area contributed by atoms with Crippen molar-refractivity contribution < 1.29 is 14.6 Å². The molecule has 0 saturated heterocycles. The lowest BCUT2D eigenvalue weighted by atomic mass is 10.1. The number of carboxylic acid groups (broad SMARTS) is 1. The molecule has 0 fully saturated rings. The van der Waals surface area contributed by atoms with Crippen LogP contribution >= 0.6 is 0 Å². The zero-order valence-corrected chi connectivity index (χ0v) is 13.0. The van der Waals surface area contributed by atoms with Crippen molar-refractivity contribution in [2.75, 3.05) is 6.61 Å². The average Bonchev–Trinajstić information content (AvgIpc) is 2.57. The van der Waals surface area contributed by atoms with Gasteiger partial charge in [-0.25, -0.2) is 0 Å².